The van der Waals surface area contributed by atoms with E-state index in [9.17, 15) is 22.8 Å². The summed E-state index contributed by atoms with van der Waals surface area (Å²) in [6.45, 7) is 5.05. The fourth-order valence-corrected chi connectivity index (χ4v) is 2.15. The molecule has 0 radical (unpaired) electrons. The zero-order valence-electron chi connectivity index (χ0n) is 12.9. The van der Waals surface area contributed by atoms with Gasteiger partial charge in [0, 0.05) is 12.1 Å². The third kappa shape index (κ3) is 4.37. The molecular weight excluding hydrogens is 313 g/mol. The summed E-state index contributed by atoms with van der Waals surface area (Å²) in [6, 6.07) is 2.23. The van der Waals surface area contributed by atoms with E-state index in [4.69, 9.17) is 4.74 Å². The van der Waals surface area contributed by atoms with E-state index in [2.05, 4.69) is 10.6 Å². The van der Waals surface area contributed by atoms with E-state index in [1.165, 1.54) is 6.07 Å². The highest BCUT2D eigenvalue weighted by atomic mass is 19.4. The molecule has 0 aromatic heterocycles. The van der Waals surface area contributed by atoms with Gasteiger partial charge in [-0.2, -0.15) is 13.2 Å². The number of hydrogen-bond donors (Lipinski definition) is 2. The van der Waals surface area contributed by atoms with Crippen molar-refractivity contribution in [1.82, 2.24) is 5.32 Å². The Bertz CT molecular complexity index is 636. The summed E-state index contributed by atoms with van der Waals surface area (Å²) < 4.78 is 43.1. The first-order valence-corrected chi connectivity index (χ1v) is 6.96. The molecule has 1 aliphatic rings. The van der Waals surface area contributed by atoms with Crippen molar-refractivity contribution >= 4 is 17.7 Å². The van der Waals surface area contributed by atoms with E-state index < -0.39 is 35.4 Å². The summed E-state index contributed by atoms with van der Waals surface area (Å²) in [5.41, 5.74) is -0.935. The van der Waals surface area contributed by atoms with Crippen LogP contribution < -0.4 is 10.6 Å². The molecule has 23 heavy (non-hydrogen) atoms. The van der Waals surface area contributed by atoms with Crippen LogP contribution in [0, 0.1) is 0 Å². The number of hydrogen-bond acceptors (Lipinski definition) is 3. The molecule has 1 aromatic rings. The summed E-state index contributed by atoms with van der Waals surface area (Å²) in [5.74, 6) is -0.581. The number of carbonyl (C=O) groups excluding carboxylic acids is 2. The molecule has 1 unspecified atom stereocenters. The third-order valence-electron chi connectivity index (χ3n) is 3.13. The lowest BCUT2D eigenvalue weighted by atomic mass is 9.97. The van der Waals surface area contributed by atoms with Crippen LogP contribution in [-0.2, 0) is 22.1 Å². The van der Waals surface area contributed by atoms with Gasteiger partial charge in [0.2, 0.25) is 5.91 Å². The molecule has 2 N–H and O–H groups in total. The van der Waals surface area contributed by atoms with Gasteiger partial charge in [-0.25, -0.2) is 4.79 Å². The lowest BCUT2D eigenvalue weighted by molar-refractivity contribution is -0.137. The van der Waals surface area contributed by atoms with E-state index in [1.54, 1.807) is 20.8 Å². The van der Waals surface area contributed by atoms with Crippen molar-refractivity contribution in [2.75, 3.05) is 5.32 Å². The van der Waals surface area contributed by atoms with Crippen molar-refractivity contribution in [3.8, 4) is 0 Å². The maximum absolute atomic E-state index is 12.7. The number of benzene rings is 1. The number of anilines is 1. The van der Waals surface area contributed by atoms with Crippen LogP contribution >= 0.6 is 0 Å². The third-order valence-corrected chi connectivity index (χ3v) is 3.13. The fourth-order valence-electron chi connectivity index (χ4n) is 2.15. The van der Waals surface area contributed by atoms with Gasteiger partial charge in [-0.15, -0.1) is 0 Å². The summed E-state index contributed by atoms with van der Waals surface area (Å²) in [6.07, 6.45) is -5.14. The van der Waals surface area contributed by atoms with E-state index in [0.717, 1.165) is 12.1 Å². The van der Waals surface area contributed by atoms with Crippen LogP contribution in [0.3, 0.4) is 0 Å². The molecule has 0 saturated carbocycles. The predicted molar refractivity (Wildman–Crippen MR) is 76.9 cm³/mol. The van der Waals surface area contributed by atoms with Crippen LogP contribution in [-0.4, -0.2) is 23.6 Å². The zero-order valence-corrected chi connectivity index (χ0v) is 12.9. The molecule has 0 spiro atoms. The Balaban J connectivity index is 2.12. The number of carbonyl (C=O) groups is 2. The summed E-state index contributed by atoms with van der Waals surface area (Å²) in [7, 11) is 0. The highest BCUT2D eigenvalue weighted by Gasteiger charge is 2.34. The van der Waals surface area contributed by atoms with E-state index >= 15 is 0 Å². The van der Waals surface area contributed by atoms with Gasteiger partial charge in [0.15, 0.2) is 0 Å². The SMILES string of the molecule is CC(C)(C)OC(=O)NC1Cc2ccc(C(F)(F)F)cc2NC1=O. The van der Waals surface area contributed by atoms with Gasteiger partial charge in [-0.1, -0.05) is 6.07 Å². The molecule has 2 amide bonds. The van der Waals surface area contributed by atoms with Crippen LogP contribution in [0.2, 0.25) is 0 Å². The maximum Gasteiger partial charge on any atom is 0.416 e. The first-order valence-electron chi connectivity index (χ1n) is 6.96. The molecule has 1 atom stereocenters. The lowest BCUT2D eigenvalue weighted by Crippen LogP contribution is -2.49. The van der Waals surface area contributed by atoms with Crippen LogP contribution in [0.1, 0.15) is 31.9 Å². The van der Waals surface area contributed by atoms with Gasteiger partial charge in [0.25, 0.3) is 0 Å². The average molecular weight is 330 g/mol. The highest BCUT2D eigenvalue weighted by molar-refractivity contribution is 5.99. The van der Waals surface area contributed by atoms with Gasteiger partial charge in [-0.3, -0.25) is 4.79 Å². The first-order chi connectivity index (χ1) is 10.5. The van der Waals surface area contributed by atoms with Crippen LogP contribution in [0.15, 0.2) is 18.2 Å². The largest absolute Gasteiger partial charge is 0.444 e. The van der Waals surface area contributed by atoms with Crippen molar-refractivity contribution < 1.29 is 27.5 Å². The number of halogens is 3. The van der Waals surface area contributed by atoms with Gasteiger partial charge in [0.1, 0.15) is 11.6 Å². The molecule has 1 heterocycles. The molecule has 0 fully saturated rings. The van der Waals surface area contributed by atoms with E-state index in [1.807, 2.05) is 0 Å². The molecule has 1 aliphatic heterocycles. The van der Waals surface area contributed by atoms with Crippen molar-refractivity contribution in [3.05, 3.63) is 29.3 Å². The molecular formula is C15H17F3N2O3. The monoisotopic (exact) mass is 330 g/mol. The van der Waals surface area contributed by atoms with Crippen molar-refractivity contribution in [3.63, 3.8) is 0 Å². The Labute approximate surface area is 131 Å². The molecule has 0 saturated heterocycles. The summed E-state index contributed by atoms with van der Waals surface area (Å²) >= 11 is 0. The van der Waals surface area contributed by atoms with Crippen molar-refractivity contribution in [2.24, 2.45) is 0 Å². The van der Waals surface area contributed by atoms with Crippen LogP contribution in [0.5, 0.6) is 0 Å². The number of fused-ring (bicyclic) bond motifs is 1. The normalized spacial score (nSPS) is 18.0. The quantitative estimate of drug-likeness (QED) is 0.831. The minimum absolute atomic E-state index is 0.0958. The minimum Gasteiger partial charge on any atom is -0.444 e. The highest BCUT2D eigenvalue weighted by Crippen LogP contribution is 2.33. The first kappa shape index (κ1) is 17.1. The standard InChI is InChI=1S/C15H17F3N2O3/c1-14(2,3)23-13(22)20-11-6-8-4-5-9(15(16,17)18)7-10(8)19-12(11)21/h4-5,7,11H,6H2,1-3H3,(H,19,21)(H,20,22). The second-order valence-corrected chi connectivity index (χ2v) is 6.26. The number of amides is 2. The molecule has 1 aromatic carbocycles. The molecule has 2 rings (SSSR count). The number of nitrogens with one attached hydrogen (secondary N) is 2. The number of rotatable bonds is 1. The predicted octanol–water partition coefficient (Wildman–Crippen LogP) is 3.09. The molecule has 8 heteroatoms. The van der Waals surface area contributed by atoms with Crippen molar-refractivity contribution in [1.29, 1.82) is 0 Å². The summed E-state index contributed by atoms with van der Waals surface area (Å²) in [4.78, 5) is 23.7. The fraction of sp³-hybridized carbons (Fsp3) is 0.467. The maximum atomic E-state index is 12.7. The Morgan fingerprint density at radius 3 is 2.52 bits per heavy atom. The minimum atomic E-state index is -4.48. The van der Waals surface area contributed by atoms with E-state index in [0.29, 0.717) is 5.56 Å². The molecule has 0 aliphatic carbocycles. The zero-order chi connectivity index (χ0) is 17.4. The number of alkyl carbamates (subject to hydrolysis) is 1. The van der Waals surface area contributed by atoms with Crippen molar-refractivity contribution in [2.45, 2.75) is 45.0 Å². The van der Waals surface area contributed by atoms with E-state index in [-0.39, 0.29) is 12.1 Å². The molecule has 126 valence electrons. The Morgan fingerprint density at radius 1 is 1.30 bits per heavy atom. The summed E-state index contributed by atoms with van der Waals surface area (Å²) in [5, 5.41) is 4.80. The topological polar surface area (TPSA) is 67.4 Å². The Hall–Kier alpha value is -2.25. The second kappa shape index (κ2) is 5.75. The second-order valence-electron chi connectivity index (χ2n) is 6.26. The van der Waals surface area contributed by atoms with Gasteiger partial charge < -0.3 is 15.4 Å². The Morgan fingerprint density at radius 2 is 1.96 bits per heavy atom. The average Bonchev–Trinajstić information content (AvgIpc) is 2.35. The molecule has 5 nitrogen and oxygen atoms in total. The number of alkyl halides is 3. The van der Waals surface area contributed by atoms with Crippen LogP contribution in [0.25, 0.3) is 0 Å². The Kier molecular flexibility index (Phi) is 4.28. The van der Waals surface area contributed by atoms with Gasteiger partial charge in [-0.05, 0) is 38.5 Å². The lowest BCUT2D eigenvalue weighted by Gasteiger charge is -2.27. The van der Waals surface area contributed by atoms with Crippen LogP contribution in [0.4, 0.5) is 23.7 Å². The number of ether oxygens (including phenoxy) is 1. The smallest absolute Gasteiger partial charge is 0.416 e. The van der Waals surface area contributed by atoms with Gasteiger partial charge in [0.05, 0.1) is 5.56 Å². The van der Waals surface area contributed by atoms with Gasteiger partial charge >= 0.3 is 12.3 Å². The molecule has 0 bridgehead atoms.